The van der Waals surface area contributed by atoms with E-state index >= 15 is 0 Å². The highest BCUT2D eigenvalue weighted by Gasteiger charge is 2.39. The zero-order chi connectivity index (χ0) is 13.0. The minimum absolute atomic E-state index is 0.484. The van der Waals surface area contributed by atoms with E-state index in [1.165, 1.54) is 11.1 Å². The Hall–Kier alpha value is -0.755. The Balaban J connectivity index is 2.93. The molecule has 0 aromatic carbocycles. The molecule has 1 nitrogen and oxygen atoms in total. The maximum absolute atomic E-state index is 2.56. The summed E-state index contributed by atoms with van der Waals surface area (Å²) in [6.07, 6.45) is 8.67. The molecule has 0 aromatic rings. The van der Waals surface area contributed by atoms with Crippen LogP contribution in [0.15, 0.2) is 35.5 Å². The molecule has 2 unspecified atom stereocenters. The predicted octanol–water partition coefficient (Wildman–Crippen LogP) is 3.56. The third-order valence-corrected chi connectivity index (χ3v) is 3.52. The summed E-state index contributed by atoms with van der Waals surface area (Å²) >= 11 is 0. The van der Waals surface area contributed by atoms with Crippen molar-refractivity contribution >= 4 is 7.28 Å². The normalized spacial score (nSPS) is 27.5. The molecular formula is C15H25BN. The minimum Gasteiger partial charge on any atom is -0.307 e. The maximum atomic E-state index is 2.56. The Kier molecular flexibility index (Phi) is 5.26. The predicted molar refractivity (Wildman–Crippen MR) is 78.3 cm³/mol. The number of nitrogens with zero attached hydrogens (tertiary/aromatic N) is 1. The minimum atomic E-state index is 0.484. The van der Waals surface area contributed by atoms with Crippen molar-refractivity contribution < 1.29 is 0 Å². The van der Waals surface area contributed by atoms with Gasteiger partial charge in [0.15, 0.2) is 7.28 Å². The summed E-state index contributed by atoms with van der Waals surface area (Å²) < 4.78 is 0. The first-order chi connectivity index (χ1) is 8.02. The fourth-order valence-electron chi connectivity index (χ4n) is 2.50. The summed E-state index contributed by atoms with van der Waals surface area (Å²) in [5.74, 6) is 1.08. The summed E-state index contributed by atoms with van der Waals surface area (Å²) in [7, 11) is 2.43. The molecule has 0 bridgehead atoms. The Morgan fingerprint density at radius 2 is 1.94 bits per heavy atom. The molecule has 1 radical (unpaired) electrons. The first-order valence-electron chi connectivity index (χ1n) is 6.61. The average molecular weight is 230 g/mol. The van der Waals surface area contributed by atoms with Crippen LogP contribution in [0.2, 0.25) is 0 Å². The van der Waals surface area contributed by atoms with Crippen molar-refractivity contribution in [1.29, 1.82) is 0 Å². The van der Waals surface area contributed by atoms with E-state index in [1.807, 2.05) is 0 Å². The van der Waals surface area contributed by atoms with E-state index in [-0.39, 0.29) is 0 Å². The van der Waals surface area contributed by atoms with Gasteiger partial charge in [-0.1, -0.05) is 36.8 Å². The lowest BCUT2D eigenvalue weighted by Crippen LogP contribution is -2.64. The van der Waals surface area contributed by atoms with Crippen LogP contribution >= 0.6 is 0 Å². The molecule has 1 heterocycles. The van der Waals surface area contributed by atoms with Crippen LogP contribution in [0.3, 0.4) is 0 Å². The second-order valence-corrected chi connectivity index (χ2v) is 5.04. The van der Waals surface area contributed by atoms with Crippen LogP contribution in [0.25, 0.3) is 0 Å². The third kappa shape index (κ3) is 3.13. The molecule has 2 atom stereocenters. The topological polar surface area (TPSA) is 3.24 Å². The summed E-state index contributed by atoms with van der Waals surface area (Å²) in [6.45, 7) is 13.2. The van der Waals surface area contributed by atoms with Crippen LogP contribution in [0, 0.1) is 0 Å². The van der Waals surface area contributed by atoms with Gasteiger partial charge in [-0.3, -0.25) is 0 Å². The smallest absolute Gasteiger partial charge is 0.161 e. The Labute approximate surface area is 108 Å². The third-order valence-electron chi connectivity index (χ3n) is 3.52. The number of rotatable bonds is 4. The lowest BCUT2D eigenvalue weighted by Gasteiger charge is -2.51. The lowest BCUT2D eigenvalue weighted by atomic mass is 9.50. The van der Waals surface area contributed by atoms with E-state index in [4.69, 9.17) is 0 Å². The van der Waals surface area contributed by atoms with Gasteiger partial charge >= 0.3 is 0 Å². The Morgan fingerprint density at radius 1 is 1.29 bits per heavy atom. The van der Waals surface area contributed by atoms with Crippen molar-refractivity contribution in [2.45, 2.75) is 59.5 Å². The second kappa shape index (κ2) is 6.25. The van der Waals surface area contributed by atoms with Gasteiger partial charge in [-0.15, -0.1) is 0 Å². The van der Waals surface area contributed by atoms with Crippen molar-refractivity contribution in [2.24, 2.45) is 0 Å². The van der Waals surface area contributed by atoms with Gasteiger partial charge in [-0.2, -0.15) is 0 Å². The largest absolute Gasteiger partial charge is 0.307 e. The van der Waals surface area contributed by atoms with Gasteiger partial charge in [0, 0.05) is 12.0 Å². The molecule has 1 rings (SSSR count). The van der Waals surface area contributed by atoms with Gasteiger partial charge in [0.25, 0.3) is 0 Å². The molecule has 1 fully saturated rings. The van der Waals surface area contributed by atoms with Gasteiger partial charge in [-0.25, -0.2) is 0 Å². The van der Waals surface area contributed by atoms with Crippen LogP contribution < -0.4 is 0 Å². The fraction of sp³-hybridized carbons (Fsp3) is 0.600. The average Bonchev–Trinajstić information content (AvgIpc) is 2.26. The summed E-state index contributed by atoms with van der Waals surface area (Å²) in [5, 5.41) is 0. The lowest BCUT2D eigenvalue weighted by molar-refractivity contribution is 0.161. The van der Waals surface area contributed by atoms with E-state index in [9.17, 15) is 0 Å². The molecule has 1 saturated heterocycles. The SMILES string of the molecule is C\C=C/C=C(\C(C)=C/C)C1[B]C(C)N1C(C)C. The Bertz CT molecular complexity index is 334. The van der Waals surface area contributed by atoms with Crippen molar-refractivity contribution in [3.8, 4) is 0 Å². The molecule has 17 heavy (non-hydrogen) atoms. The molecule has 1 aliphatic rings. The molecule has 0 saturated carbocycles. The van der Waals surface area contributed by atoms with E-state index < -0.39 is 0 Å². The van der Waals surface area contributed by atoms with E-state index in [2.05, 4.69) is 78.0 Å². The Morgan fingerprint density at radius 3 is 2.35 bits per heavy atom. The highest BCUT2D eigenvalue weighted by atomic mass is 15.2. The molecule has 1 aliphatic heterocycles. The standard InChI is InChI=1S/C15H25BN/c1-7-9-10-14(12(5)8-2)15-16-13(6)17(15)11(3)4/h7-11,13,15H,1-6H3/b9-7-,12-8-,14-10+. The van der Waals surface area contributed by atoms with Crippen molar-refractivity contribution in [2.75, 3.05) is 0 Å². The summed E-state index contributed by atoms with van der Waals surface area (Å²) in [5.41, 5.74) is 2.80. The number of hydrogen-bond donors (Lipinski definition) is 0. The number of allylic oxidation sites excluding steroid dienone is 4. The van der Waals surface area contributed by atoms with Gasteiger partial charge < -0.3 is 4.90 Å². The van der Waals surface area contributed by atoms with Gasteiger partial charge in [-0.05, 0) is 46.1 Å². The van der Waals surface area contributed by atoms with Gasteiger partial charge in [0.2, 0.25) is 0 Å². The van der Waals surface area contributed by atoms with Crippen molar-refractivity contribution in [3.05, 3.63) is 35.5 Å². The van der Waals surface area contributed by atoms with Crippen molar-refractivity contribution in [1.82, 2.24) is 4.90 Å². The maximum Gasteiger partial charge on any atom is 0.161 e. The number of hydrogen-bond acceptors (Lipinski definition) is 1. The van der Waals surface area contributed by atoms with Crippen LogP contribution in [0.5, 0.6) is 0 Å². The first-order valence-corrected chi connectivity index (χ1v) is 6.61. The molecule has 0 aliphatic carbocycles. The highest BCUT2D eigenvalue weighted by Crippen LogP contribution is 2.30. The van der Waals surface area contributed by atoms with E-state index in [0.29, 0.717) is 17.9 Å². The van der Waals surface area contributed by atoms with Gasteiger partial charge in [0.1, 0.15) is 0 Å². The summed E-state index contributed by atoms with van der Waals surface area (Å²) in [4.78, 5) is 2.56. The quantitative estimate of drug-likeness (QED) is 0.527. The summed E-state index contributed by atoms with van der Waals surface area (Å²) in [6, 6.07) is 0.596. The molecule has 0 amide bonds. The molecule has 2 heteroatoms. The first kappa shape index (κ1) is 14.3. The molecule has 0 spiro atoms. The van der Waals surface area contributed by atoms with Crippen LogP contribution in [0.1, 0.15) is 41.5 Å². The van der Waals surface area contributed by atoms with Gasteiger partial charge in [0.05, 0.1) is 0 Å². The zero-order valence-corrected chi connectivity index (χ0v) is 12.1. The van der Waals surface area contributed by atoms with Crippen LogP contribution in [-0.2, 0) is 0 Å². The fourth-order valence-corrected chi connectivity index (χ4v) is 2.50. The van der Waals surface area contributed by atoms with Crippen molar-refractivity contribution in [3.63, 3.8) is 0 Å². The highest BCUT2D eigenvalue weighted by molar-refractivity contribution is 6.44. The zero-order valence-electron chi connectivity index (χ0n) is 12.1. The van der Waals surface area contributed by atoms with E-state index in [1.54, 1.807) is 0 Å². The monoisotopic (exact) mass is 230 g/mol. The molecular weight excluding hydrogens is 205 g/mol. The molecule has 0 aromatic heterocycles. The van der Waals surface area contributed by atoms with Crippen LogP contribution in [0.4, 0.5) is 0 Å². The van der Waals surface area contributed by atoms with Crippen LogP contribution in [-0.4, -0.2) is 30.1 Å². The molecule has 93 valence electrons. The second-order valence-electron chi connectivity index (χ2n) is 5.04. The molecule has 0 N–H and O–H groups in total. The van der Waals surface area contributed by atoms with E-state index in [0.717, 1.165) is 0 Å².